The Bertz CT molecular complexity index is 1420. The van der Waals surface area contributed by atoms with Gasteiger partial charge in [0, 0.05) is 22.9 Å². The van der Waals surface area contributed by atoms with Gasteiger partial charge in [-0.15, -0.1) is 21.5 Å². The maximum Gasteiger partial charge on any atom is 0.255 e. The van der Waals surface area contributed by atoms with Gasteiger partial charge in [0.25, 0.3) is 5.91 Å². The molecule has 0 bridgehead atoms. The minimum absolute atomic E-state index is 0.272. The summed E-state index contributed by atoms with van der Waals surface area (Å²) in [6.07, 6.45) is 0. The van der Waals surface area contributed by atoms with Crippen molar-refractivity contribution in [3.8, 4) is 33.5 Å². The summed E-state index contributed by atoms with van der Waals surface area (Å²) in [5.74, 6) is 1.51. The lowest BCUT2D eigenvalue weighted by atomic mass is 10.1. The Morgan fingerprint density at radius 3 is 2.48 bits per heavy atom. The Labute approximate surface area is 193 Å². The number of hydrogen-bond acceptors (Lipinski definition) is 7. The van der Waals surface area contributed by atoms with Crippen LogP contribution in [0.1, 0.15) is 10.4 Å². The zero-order valence-corrected chi connectivity index (χ0v) is 18.7. The number of ether oxygens (including phenoxy) is 2. The number of thiophene rings is 1. The van der Waals surface area contributed by atoms with Crippen molar-refractivity contribution in [2.24, 2.45) is 0 Å². The van der Waals surface area contributed by atoms with Crippen LogP contribution in [-0.2, 0) is 0 Å². The Hall–Kier alpha value is -4.24. The third-order valence-electron chi connectivity index (χ3n) is 5.03. The van der Waals surface area contributed by atoms with Crippen molar-refractivity contribution in [1.82, 2.24) is 19.8 Å². The van der Waals surface area contributed by atoms with Crippen molar-refractivity contribution in [2.75, 3.05) is 19.5 Å². The summed E-state index contributed by atoms with van der Waals surface area (Å²) < 4.78 is 12.3. The highest BCUT2D eigenvalue weighted by atomic mass is 32.1. The average Bonchev–Trinajstić information content (AvgIpc) is 3.53. The van der Waals surface area contributed by atoms with Gasteiger partial charge >= 0.3 is 0 Å². The monoisotopic (exact) mass is 457 g/mol. The predicted octanol–water partition coefficient (Wildman–Crippen LogP) is 4.79. The number of carbonyl (C=O) groups excluding carboxylic acids is 1. The molecule has 2 aromatic carbocycles. The SMILES string of the molecule is COc1cc(OC)cc(C(=O)Nc2cccc(-c3ccc4nnc(-c5cccs5)n4n3)c2)c1. The number of benzene rings is 2. The summed E-state index contributed by atoms with van der Waals surface area (Å²) in [6.45, 7) is 0. The molecule has 5 rings (SSSR count). The van der Waals surface area contributed by atoms with Crippen LogP contribution in [0.25, 0.3) is 27.6 Å². The third-order valence-corrected chi connectivity index (χ3v) is 5.90. The fraction of sp³-hybridized carbons (Fsp3) is 0.0833. The van der Waals surface area contributed by atoms with Gasteiger partial charge in [-0.1, -0.05) is 18.2 Å². The van der Waals surface area contributed by atoms with E-state index in [1.54, 1.807) is 48.3 Å². The van der Waals surface area contributed by atoms with Crippen molar-refractivity contribution in [3.05, 3.63) is 77.7 Å². The average molecular weight is 458 g/mol. The summed E-state index contributed by atoms with van der Waals surface area (Å²) in [7, 11) is 3.09. The quantitative estimate of drug-likeness (QED) is 0.394. The maximum atomic E-state index is 12.9. The summed E-state index contributed by atoms with van der Waals surface area (Å²) in [6, 6.07) is 20.3. The lowest BCUT2D eigenvalue weighted by molar-refractivity contribution is 0.102. The van der Waals surface area contributed by atoms with Crippen LogP contribution < -0.4 is 14.8 Å². The molecule has 8 nitrogen and oxygen atoms in total. The van der Waals surface area contributed by atoms with Crippen molar-refractivity contribution in [1.29, 1.82) is 0 Å². The molecule has 0 aliphatic heterocycles. The van der Waals surface area contributed by atoms with Gasteiger partial charge in [0.2, 0.25) is 0 Å². The highest BCUT2D eigenvalue weighted by Gasteiger charge is 2.13. The van der Waals surface area contributed by atoms with Crippen LogP contribution >= 0.6 is 11.3 Å². The van der Waals surface area contributed by atoms with Crippen molar-refractivity contribution < 1.29 is 14.3 Å². The number of rotatable bonds is 6. The first-order valence-corrected chi connectivity index (χ1v) is 10.9. The van der Waals surface area contributed by atoms with Crippen molar-refractivity contribution in [2.45, 2.75) is 0 Å². The molecule has 0 atom stereocenters. The number of aromatic nitrogens is 4. The normalized spacial score (nSPS) is 10.8. The molecule has 0 fully saturated rings. The van der Waals surface area contributed by atoms with Crippen LogP contribution in [0.3, 0.4) is 0 Å². The van der Waals surface area contributed by atoms with Gasteiger partial charge in [0.15, 0.2) is 11.5 Å². The zero-order chi connectivity index (χ0) is 22.8. The first-order chi connectivity index (χ1) is 16.1. The van der Waals surface area contributed by atoms with Gasteiger partial charge in [-0.2, -0.15) is 9.61 Å². The van der Waals surface area contributed by atoms with E-state index in [0.29, 0.717) is 34.2 Å². The molecule has 3 heterocycles. The predicted molar refractivity (Wildman–Crippen MR) is 127 cm³/mol. The van der Waals surface area contributed by atoms with Gasteiger partial charge < -0.3 is 14.8 Å². The second-order valence-electron chi connectivity index (χ2n) is 7.13. The highest BCUT2D eigenvalue weighted by molar-refractivity contribution is 7.13. The third kappa shape index (κ3) is 4.13. The molecule has 0 aliphatic rings. The molecule has 9 heteroatoms. The highest BCUT2D eigenvalue weighted by Crippen LogP contribution is 2.27. The van der Waals surface area contributed by atoms with Crippen LogP contribution in [-0.4, -0.2) is 39.9 Å². The number of methoxy groups -OCH3 is 2. The van der Waals surface area contributed by atoms with E-state index < -0.39 is 0 Å². The minimum atomic E-state index is -0.272. The first kappa shape index (κ1) is 20.7. The molecular weight excluding hydrogens is 438 g/mol. The second kappa shape index (κ2) is 8.71. The van der Waals surface area contributed by atoms with Crippen LogP contribution in [0.5, 0.6) is 11.5 Å². The van der Waals surface area contributed by atoms with E-state index in [9.17, 15) is 4.79 Å². The second-order valence-corrected chi connectivity index (χ2v) is 8.07. The molecular formula is C24H19N5O3S. The van der Waals surface area contributed by atoms with E-state index in [1.165, 1.54) is 0 Å². The van der Waals surface area contributed by atoms with Crippen LogP contribution in [0.4, 0.5) is 5.69 Å². The Morgan fingerprint density at radius 1 is 0.939 bits per heavy atom. The van der Waals surface area contributed by atoms with Gasteiger partial charge in [0.05, 0.1) is 24.8 Å². The summed E-state index contributed by atoms with van der Waals surface area (Å²) in [4.78, 5) is 13.8. The molecule has 0 saturated heterocycles. The topological polar surface area (TPSA) is 90.6 Å². The number of carbonyl (C=O) groups is 1. The number of fused-ring (bicyclic) bond motifs is 1. The molecule has 5 aromatic rings. The molecule has 33 heavy (non-hydrogen) atoms. The zero-order valence-electron chi connectivity index (χ0n) is 17.9. The van der Waals surface area contributed by atoms with E-state index in [0.717, 1.165) is 16.1 Å². The standard InChI is InChI=1S/C24H19N5O3S/c1-31-18-12-16(13-19(14-18)32-2)24(30)25-17-6-3-5-15(11-17)20-8-9-22-26-27-23(29(22)28-20)21-7-4-10-33-21/h3-14H,1-2H3,(H,25,30). The fourth-order valence-corrected chi connectivity index (χ4v) is 4.09. The molecule has 0 radical (unpaired) electrons. The lowest BCUT2D eigenvalue weighted by Gasteiger charge is -2.10. The van der Waals surface area contributed by atoms with Crippen LogP contribution in [0, 0.1) is 0 Å². The van der Waals surface area contributed by atoms with E-state index in [4.69, 9.17) is 14.6 Å². The molecule has 0 saturated carbocycles. The van der Waals surface area contributed by atoms with Crippen LogP contribution in [0.15, 0.2) is 72.1 Å². The van der Waals surface area contributed by atoms with Gasteiger partial charge in [-0.05, 0) is 47.8 Å². The first-order valence-electron chi connectivity index (χ1n) is 10.1. The Balaban J connectivity index is 1.44. The number of hydrogen-bond donors (Lipinski definition) is 1. The number of nitrogens with zero attached hydrogens (tertiary/aromatic N) is 4. The largest absolute Gasteiger partial charge is 0.497 e. The fourth-order valence-electron chi connectivity index (χ4n) is 3.40. The maximum absolute atomic E-state index is 12.9. The van der Waals surface area contributed by atoms with Crippen LogP contribution in [0.2, 0.25) is 0 Å². The van der Waals surface area contributed by atoms with Gasteiger partial charge in [-0.25, -0.2) is 0 Å². The summed E-state index contributed by atoms with van der Waals surface area (Å²) in [5.41, 5.74) is 3.33. The van der Waals surface area contributed by atoms with E-state index in [-0.39, 0.29) is 5.91 Å². The number of anilines is 1. The number of amides is 1. The Kier molecular flexibility index (Phi) is 5.45. The molecule has 1 N–H and O–H groups in total. The molecule has 1 amide bonds. The van der Waals surface area contributed by atoms with E-state index in [2.05, 4.69) is 15.5 Å². The van der Waals surface area contributed by atoms with Crippen molar-refractivity contribution >= 4 is 28.6 Å². The molecule has 0 spiro atoms. The van der Waals surface area contributed by atoms with Gasteiger partial charge in [-0.3, -0.25) is 4.79 Å². The molecule has 3 aromatic heterocycles. The minimum Gasteiger partial charge on any atom is -0.497 e. The molecule has 164 valence electrons. The summed E-state index contributed by atoms with van der Waals surface area (Å²) >= 11 is 1.58. The smallest absolute Gasteiger partial charge is 0.255 e. The lowest BCUT2D eigenvalue weighted by Crippen LogP contribution is -2.12. The molecule has 0 aliphatic carbocycles. The molecule has 0 unspecified atom stereocenters. The van der Waals surface area contributed by atoms with Gasteiger partial charge in [0.1, 0.15) is 11.5 Å². The van der Waals surface area contributed by atoms with Crippen molar-refractivity contribution in [3.63, 3.8) is 0 Å². The summed E-state index contributed by atoms with van der Waals surface area (Å²) in [5, 5.41) is 18.1. The van der Waals surface area contributed by atoms with E-state index >= 15 is 0 Å². The number of nitrogens with one attached hydrogen (secondary N) is 1. The van der Waals surface area contributed by atoms with E-state index in [1.807, 2.05) is 53.9 Å². The Morgan fingerprint density at radius 2 is 1.76 bits per heavy atom.